The van der Waals surface area contributed by atoms with Crippen molar-refractivity contribution < 1.29 is 14.0 Å². The number of amides is 1. The Hall–Kier alpha value is -3.67. The Morgan fingerprint density at radius 1 is 1.06 bits per heavy atom. The number of fused-ring (bicyclic) bond motifs is 1. The first-order chi connectivity index (χ1) is 16.5. The maximum Gasteiger partial charge on any atom is 0.243 e. The number of hydrogen-bond acceptors (Lipinski definition) is 4. The molecular formula is C28H30FN3O2. The molecule has 0 aliphatic carbocycles. The summed E-state index contributed by atoms with van der Waals surface area (Å²) in [5.41, 5.74) is 6.67. The number of nitrogens with zero attached hydrogens (tertiary/aromatic N) is 1. The molecule has 3 aromatic carbocycles. The first-order valence-electron chi connectivity index (χ1n) is 11.7. The maximum atomic E-state index is 14.3. The molecule has 0 saturated carbocycles. The smallest absolute Gasteiger partial charge is 0.243 e. The molecule has 0 atom stereocenters. The van der Waals surface area contributed by atoms with Crippen LogP contribution >= 0.6 is 0 Å². The minimum absolute atomic E-state index is 0.0351. The second-order valence-corrected chi connectivity index (χ2v) is 8.66. The molecule has 0 saturated heterocycles. The Morgan fingerprint density at radius 2 is 1.85 bits per heavy atom. The molecule has 1 heterocycles. The van der Waals surface area contributed by atoms with Crippen LogP contribution < -0.4 is 15.5 Å². The summed E-state index contributed by atoms with van der Waals surface area (Å²) in [4.78, 5) is 25.4. The number of para-hydroxylation sites is 1. The molecule has 34 heavy (non-hydrogen) atoms. The van der Waals surface area contributed by atoms with Crippen LogP contribution in [0.15, 0.2) is 60.7 Å². The van der Waals surface area contributed by atoms with Gasteiger partial charge in [-0.1, -0.05) is 36.4 Å². The van der Waals surface area contributed by atoms with Crippen molar-refractivity contribution in [3.05, 3.63) is 88.7 Å². The van der Waals surface area contributed by atoms with Crippen LogP contribution in [0.5, 0.6) is 0 Å². The highest BCUT2D eigenvalue weighted by molar-refractivity contribution is 5.94. The van der Waals surface area contributed by atoms with Crippen molar-refractivity contribution in [3.8, 4) is 0 Å². The third-order valence-corrected chi connectivity index (χ3v) is 6.28. The van der Waals surface area contributed by atoms with Gasteiger partial charge in [0.25, 0.3) is 0 Å². The molecule has 1 amide bonds. The Bertz CT molecular complexity index is 1160. The number of benzene rings is 3. The molecule has 0 radical (unpaired) electrons. The van der Waals surface area contributed by atoms with Gasteiger partial charge in [-0.25, -0.2) is 4.39 Å². The molecule has 2 N–H and O–H groups in total. The van der Waals surface area contributed by atoms with Gasteiger partial charge in [-0.3, -0.25) is 4.79 Å². The van der Waals surface area contributed by atoms with Crippen LogP contribution in [0.2, 0.25) is 0 Å². The number of carbonyl (C=O) groups is 2. The van der Waals surface area contributed by atoms with E-state index >= 15 is 0 Å². The van der Waals surface area contributed by atoms with Crippen molar-refractivity contribution in [1.82, 2.24) is 0 Å². The van der Waals surface area contributed by atoms with Crippen molar-refractivity contribution in [2.75, 3.05) is 28.6 Å². The average Bonchev–Trinajstić information content (AvgIpc) is 2.83. The number of aldehydes is 1. The van der Waals surface area contributed by atoms with Gasteiger partial charge < -0.3 is 20.3 Å². The molecule has 0 bridgehead atoms. The zero-order valence-electron chi connectivity index (χ0n) is 19.4. The van der Waals surface area contributed by atoms with Gasteiger partial charge in [0.05, 0.1) is 6.54 Å². The summed E-state index contributed by atoms with van der Waals surface area (Å²) in [6, 6.07) is 18.8. The zero-order chi connectivity index (χ0) is 23.9. The second kappa shape index (κ2) is 11.0. The van der Waals surface area contributed by atoms with E-state index in [1.165, 1.54) is 11.6 Å². The summed E-state index contributed by atoms with van der Waals surface area (Å²) in [6.07, 6.45) is 3.54. The number of rotatable bonds is 9. The molecule has 6 heteroatoms. The molecule has 1 aliphatic heterocycles. The SMILES string of the molecule is Cc1c(CNc2ccc(CCC=O)c(F)c2)ccc2c1N(CC(=O)Nc1ccccc1)CCC2. The van der Waals surface area contributed by atoms with Crippen LogP contribution in [0.25, 0.3) is 0 Å². The van der Waals surface area contributed by atoms with Crippen LogP contribution in [0.1, 0.15) is 35.1 Å². The van der Waals surface area contributed by atoms with Crippen molar-refractivity contribution >= 4 is 29.3 Å². The molecule has 0 unspecified atom stereocenters. The van der Waals surface area contributed by atoms with E-state index in [0.29, 0.717) is 37.2 Å². The van der Waals surface area contributed by atoms with Crippen molar-refractivity contribution in [1.29, 1.82) is 0 Å². The van der Waals surface area contributed by atoms with E-state index in [-0.39, 0.29) is 11.7 Å². The summed E-state index contributed by atoms with van der Waals surface area (Å²) in [6.45, 7) is 3.77. The normalized spacial score (nSPS) is 12.7. The highest BCUT2D eigenvalue weighted by Gasteiger charge is 2.22. The van der Waals surface area contributed by atoms with Gasteiger partial charge in [-0.15, -0.1) is 0 Å². The van der Waals surface area contributed by atoms with Gasteiger partial charge in [0.1, 0.15) is 12.1 Å². The van der Waals surface area contributed by atoms with Gasteiger partial charge in [0, 0.05) is 36.6 Å². The maximum absolute atomic E-state index is 14.3. The largest absolute Gasteiger partial charge is 0.381 e. The molecule has 4 rings (SSSR count). The lowest BCUT2D eigenvalue weighted by molar-refractivity contribution is -0.115. The zero-order valence-corrected chi connectivity index (χ0v) is 19.4. The lowest BCUT2D eigenvalue weighted by atomic mass is 9.94. The van der Waals surface area contributed by atoms with Gasteiger partial charge in [0.2, 0.25) is 5.91 Å². The van der Waals surface area contributed by atoms with Gasteiger partial charge in [-0.05, 0) is 72.7 Å². The lowest BCUT2D eigenvalue weighted by Crippen LogP contribution is -2.37. The molecule has 176 valence electrons. The molecule has 3 aromatic rings. The van der Waals surface area contributed by atoms with Crippen LogP contribution in [0, 0.1) is 12.7 Å². The number of nitrogens with one attached hydrogen (secondary N) is 2. The third kappa shape index (κ3) is 5.63. The summed E-state index contributed by atoms with van der Waals surface area (Å²) in [5.74, 6) is -0.336. The van der Waals surface area contributed by atoms with Crippen LogP contribution in [0.3, 0.4) is 0 Å². The van der Waals surface area contributed by atoms with Crippen LogP contribution in [-0.2, 0) is 29.0 Å². The van der Waals surface area contributed by atoms with Gasteiger partial charge in [-0.2, -0.15) is 0 Å². The van der Waals surface area contributed by atoms with Crippen LogP contribution in [0.4, 0.5) is 21.5 Å². The quantitative estimate of drug-likeness (QED) is 0.428. The third-order valence-electron chi connectivity index (χ3n) is 6.28. The van der Waals surface area contributed by atoms with Crippen molar-refractivity contribution in [2.45, 2.75) is 39.2 Å². The predicted octanol–water partition coefficient (Wildman–Crippen LogP) is 5.27. The molecule has 0 fully saturated rings. The predicted molar refractivity (Wildman–Crippen MR) is 135 cm³/mol. The van der Waals surface area contributed by atoms with E-state index in [0.717, 1.165) is 48.2 Å². The number of carbonyl (C=O) groups excluding carboxylic acids is 2. The monoisotopic (exact) mass is 459 g/mol. The number of aryl methyl sites for hydroxylation is 2. The van der Waals surface area contributed by atoms with Gasteiger partial charge in [0.15, 0.2) is 0 Å². The number of halogens is 1. The van der Waals surface area contributed by atoms with Crippen molar-refractivity contribution in [3.63, 3.8) is 0 Å². The summed E-state index contributed by atoms with van der Waals surface area (Å²) in [7, 11) is 0. The Labute approximate surface area is 200 Å². The molecular weight excluding hydrogens is 429 g/mol. The first kappa shape index (κ1) is 23.5. The number of anilines is 3. The fraction of sp³-hybridized carbons (Fsp3) is 0.286. The topological polar surface area (TPSA) is 61.4 Å². The summed E-state index contributed by atoms with van der Waals surface area (Å²) in [5, 5.41) is 6.29. The molecule has 5 nitrogen and oxygen atoms in total. The van der Waals surface area contributed by atoms with E-state index in [1.807, 2.05) is 36.4 Å². The minimum atomic E-state index is -0.301. The van der Waals surface area contributed by atoms with Crippen LogP contribution in [-0.4, -0.2) is 25.3 Å². The fourth-order valence-corrected chi connectivity index (χ4v) is 4.53. The van der Waals surface area contributed by atoms with Crippen molar-refractivity contribution in [2.24, 2.45) is 0 Å². The molecule has 1 aliphatic rings. The lowest BCUT2D eigenvalue weighted by Gasteiger charge is -2.33. The van der Waals surface area contributed by atoms with Gasteiger partial charge >= 0.3 is 0 Å². The van der Waals surface area contributed by atoms with E-state index in [1.54, 1.807) is 6.07 Å². The van der Waals surface area contributed by atoms with E-state index < -0.39 is 0 Å². The standard InChI is InChI=1S/C28H30FN3O2/c1-20-23(18-30-25-14-13-21(8-6-16-33)26(29)17-25)12-11-22-7-5-15-32(28(20)22)19-27(34)31-24-9-3-2-4-10-24/h2-4,9-14,16-17,30H,5-8,15,18-19H2,1H3,(H,31,34). The Kier molecular flexibility index (Phi) is 7.58. The Balaban J connectivity index is 1.46. The average molecular weight is 460 g/mol. The summed E-state index contributed by atoms with van der Waals surface area (Å²) < 4.78 is 14.3. The minimum Gasteiger partial charge on any atom is -0.381 e. The van der Waals surface area contributed by atoms with E-state index in [9.17, 15) is 14.0 Å². The first-order valence-corrected chi connectivity index (χ1v) is 11.7. The van der Waals surface area contributed by atoms with E-state index in [4.69, 9.17) is 0 Å². The number of hydrogen-bond donors (Lipinski definition) is 2. The fourth-order valence-electron chi connectivity index (χ4n) is 4.53. The van der Waals surface area contributed by atoms with E-state index in [2.05, 4.69) is 34.6 Å². The summed E-state index contributed by atoms with van der Waals surface area (Å²) >= 11 is 0. The molecule has 0 aromatic heterocycles. The second-order valence-electron chi connectivity index (χ2n) is 8.66. The Morgan fingerprint density at radius 3 is 2.62 bits per heavy atom. The molecule has 0 spiro atoms. The highest BCUT2D eigenvalue weighted by Crippen LogP contribution is 2.33. The highest BCUT2D eigenvalue weighted by atomic mass is 19.1.